The first kappa shape index (κ1) is 34.1. The van der Waals surface area contributed by atoms with Crippen LogP contribution in [0, 0.1) is 5.41 Å². The predicted octanol–water partition coefficient (Wildman–Crippen LogP) is 6.04. The minimum Gasteiger partial charge on any atom is -0.508 e. The van der Waals surface area contributed by atoms with Gasteiger partial charge in [0.1, 0.15) is 12.4 Å². The normalized spacial score (nSPS) is 12.4. The van der Waals surface area contributed by atoms with Crippen LogP contribution < -0.4 is 5.90 Å². The molecule has 1 aromatic carbocycles. The van der Waals surface area contributed by atoms with E-state index in [-0.39, 0.29) is 34.2 Å². The summed E-state index contributed by atoms with van der Waals surface area (Å²) in [5, 5.41) is 13.2. The van der Waals surface area contributed by atoms with E-state index in [1.54, 1.807) is 4.90 Å². The highest BCUT2D eigenvalue weighted by Crippen LogP contribution is 2.42. The molecule has 0 unspecified atom stereocenters. The number of nitrogens with one attached hydrogen (secondary N) is 1. The Bertz CT molecular complexity index is 1120. The summed E-state index contributed by atoms with van der Waals surface area (Å²) < 4.78 is 0.0581. The van der Waals surface area contributed by atoms with Crippen molar-refractivity contribution in [3.63, 3.8) is 0 Å². The van der Waals surface area contributed by atoms with Gasteiger partial charge in [-0.25, -0.2) is 5.90 Å². The second-order valence-electron chi connectivity index (χ2n) is 13.2. The van der Waals surface area contributed by atoms with Crippen LogP contribution in [0.15, 0.2) is 17.2 Å². The minimum absolute atomic E-state index is 0.0119. The third-order valence-electron chi connectivity index (χ3n) is 6.75. The van der Waals surface area contributed by atoms with Gasteiger partial charge in [0.15, 0.2) is 5.78 Å². The van der Waals surface area contributed by atoms with Crippen molar-refractivity contribution in [1.29, 1.82) is 0 Å². The lowest BCUT2D eigenvalue weighted by atomic mass is 9.88. The van der Waals surface area contributed by atoms with E-state index < -0.39 is 0 Å². The first-order valence-corrected chi connectivity index (χ1v) is 15.2. The highest BCUT2D eigenvalue weighted by atomic mass is 32.2. The van der Waals surface area contributed by atoms with Crippen LogP contribution in [0.1, 0.15) is 91.2 Å². The van der Waals surface area contributed by atoms with E-state index in [1.807, 2.05) is 38.0 Å². The molecule has 8 nitrogen and oxygen atoms in total. The summed E-state index contributed by atoms with van der Waals surface area (Å²) in [7, 11) is 3.87. The van der Waals surface area contributed by atoms with Crippen molar-refractivity contribution in [3.05, 3.63) is 23.3 Å². The molecule has 0 fully saturated rings. The number of H-pyrrole nitrogens is 1. The molecule has 2 rings (SSSR count). The number of nitrogens with zero attached hydrogens (tertiary/aromatic N) is 2. The maximum Gasteiger partial charge on any atom is 0.222 e. The van der Waals surface area contributed by atoms with Crippen molar-refractivity contribution in [2.45, 2.75) is 103 Å². The molecular weight excluding hydrogens is 524 g/mol. The van der Waals surface area contributed by atoms with Crippen molar-refractivity contribution < 1.29 is 19.5 Å². The molecule has 0 aliphatic heterocycles. The van der Waals surface area contributed by atoms with Gasteiger partial charge in [-0.05, 0) is 49.4 Å². The fraction of sp³-hybridized carbons (Fsp3) is 0.677. The Balaban J connectivity index is 1.98. The predicted molar refractivity (Wildman–Crippen MR) is 166 cm³/mol. The molecule has 40 heavy (non-hydrogen) atoms. The van der Waals surface area contributed by atoms with Crippen molar-refractivity contribution in [2.24, 2.45) is 11.3 Å². The average molecular weight is 577 g/mol. The van der Waals surface area contributed by atoms with Gasteiger partial charge in [-0.15, -0.1) is 11.8 Å². The number of hydrogen-bond donors (Lipinski definition) is 3. The number of fused-ring (bicyclic) bond motifs is 1. The zero-order valence-electron chi connectivity index (χ0n) is 26.0. The van der Waals surface area contributed by atoms with E-state index in [9.17, 15) is 14.7 Å². The smallest absolute Gasteiger partial charge is 0.222 e. The second-order valence-corrected chi connectivity index (χ2v) is 15.0. The SMILES string of the molecule is CN(CCN(C)C(=O)CCCCCCC(=O)CON)Cc1c(O)ccc2c(CC(C)(C)C)c(SC(C)(C)C)[nH]c12. The van der Waals surface area contributed by atoms with Gasteiger partial charge in [-0.1, -0.05) is 54.4 Å². The molecule has 1 heterocycles. The summed E-state index contributed by atoms with van der Waals surface area (Å²) >= 11 is 1.84. The number of hydrogen-bond acceptors (Lipinski definition) is 7. The number of aromatic nitrogens is 1. The van der Waals surface area contributed by atoms with E-state index in [0.29, 0.717) is 32.5 Å². The van der Waals surface area contributed by atoms with E-state index in [4.69, 9.17) is 5.90 Å². The Kier molecular flexibility index (Phi) is 13.0. The Labute approximate surface area is 245 Å². The van der Waals surface area contributed by atoms with E-state index in [0.717, 1.165) is 43.2 Å². The molecule has 0 aliphatic rings. The number of nitrogens with two attached hydrogens (primary N) is 1. The number of thioether (sulfide) groups is 1. The quantitative estimate of drug-likeness (QED) is 0.127. The lowest BCUT2D eigenvalue weighted by Gasteiger charge is -2.23. The summed E-state index contributed by atoms with van der Waals surface area (Å²) in [4.78, 5) is 36.0. The van der Waals surface area contributed by atoms with Crippen LogP contribution in [0.5, 0.6) is 5.75 Å². The molecule has 9 heteroatoms. The Hall–Kier alpha value is -2.07. The van der Waals surface area contributed by atoms with E-state index in [1.165, 1.54) is 16.0 Å². The molecule has 0 saturated heterocycles. The molecule has 0 radical (unpaired) electrons. The molecule has 0 spiro atoms. The van der Waals surface area contributed by atoms with Gasteiger partial charge in [-0.2, -0.15) is 0 Å². The number of carbonyl (C=O) groups excluding carboxylic acids is 2. The molecule has 4 N–H and O–H groups in total. The van der Waals surface area contributed by atoms with Gasteiger partial charge in [0.05, 0.1) is 10.5 Å². The molecule has 2 aromatic rings. The Morgan fingerprint density at radius 3 is 2.23 bits per heavy atom. The molecule has 1 amide bonds. The number of likely N-dealkylation sites (N-methyl/N-ethyl adjacent to an activating group) is 2. The van der Waals surface area contributed by atoms with Crippen LogP contribution in [0.3, 0.4) is 0 Å². The van der Waals surface area contributed by atoms with Gasteiger partial charge in [-0.3, -0.25) is 14.4 Å². The molecule has 226 valence electrons. The molecule has 0 atom stereocenters. The summed E-state index contributed by atoms with van der Waals surface area (Å²) in [6.07, 6.45) is 5.37. The van der Waals surface area contributed by atoms with Crippen molar-refractivity contribution in [1.82, 2.24) is 14.8 Å². The zero-order valence-corrected chi connectivity index (χ0v) is 26.8. The highest BCUT2D eigenvalue weighted by molar-refractivity contribution is 8.00. The molecule has 0 bridgehead atoms. The number of ketones is 1. The number of amides is 1. The second kappa shape index (κ2) is 15.2. The van der Waals surface area contributed by atoms with Crippen molar-refractivity contribution in [3.8, 4) is 5.75 Å². The number of aromatic amines is 1. The summed E-state index contributed by atoms with van der Waals surface area (Å²) in [5.41, 5.74) is 3.33. The number of Topliss-reactive ketones (excluding diaryl/α,β-unsaturated/α-hetero) is 1. The topological polar surface area (TPSA) is 112 Å². The van der Waals surface area contributed by atoms with Crippen LogP contribution >= 0.6 is 11.8 Å². The van der Waals surface area contributed by atoms with E-state index >= 15 is 0 Å². The standard InChI is InChI=1S/C31H52N4O4S/c1-30(2,3)19-24-23-15-16-26(37)25(28(23)33-29(24)40-31(4,5)6)20-34(7)17-18-35(8)27(38)14-12-10-9-11-13-22(36)21-39-32/h15-16,33,37H,9-14,17-21,32H2,1-8H3. The molecule has 1 aromatic heterocycles. The average Bonchev–Trinajstić information content (AvgIpc) is 3.15. The largest absolute Gasteiger partial charge is 0.508 e. The van der Waals surface area contributed by atoms with E-state index in [2.05, 4.69) is 56.3 Å². The maximum absolute atomic E-state index is 12.6. The van der Waals surface area contributed by atoms with Crippen LogP contribution in [-0.4, -0.2) is 70.1 Å². The number of aromatic hydroxyl groups is 1. The highest BCUT2D eigenvalue weighted by Gasteiger charge is 2.25. The van der Waals surface area contributed by atoms with Crippen molar-refractivity contribution >= 4 is 34.4 Å². The summed E-state index contributed by atoms with van der Waals surface area (Å²) in [5.74, 6) is 5.35. The first-order valence-electron chi connectivity index (χ1n) is 14.4. The lowest BCUT2D eigenvalue weighted by molar-refractivity contribution is -0.130. The van der Waals surface area contributed by atoms with Gasteiger partial charge >= 0.3 is 0 Å². The monoisotopic (exact) mass is 576 g/mol. The number of rotatable bonds is 16. The van der Waals surface area contributed by atoms with Gasteiger partial charge in [0.25, 0.3) is 0 Å². The van der Waals surface area contributed by atoms with Crippen LogP contribution in [0.2, 0.25) is 0 Å². The third-order valence-corrected chi connectivity index (χ3v) is 7.92. The molecule has 0 aliphatic carbocycles. The van der Waals surface area contributed by atoms with Gasteiger partial charge in [0, 0.05) is 55.2 Å². The maximum atomic E-state index is 12.6. The summed E-state index contributed by atoms with van der Waals surface area (Å²) in [6.45, 7) is 15.3. The number of phenolic OH excluding ortho intramolecular Hbond substituents is 1. The molecular formula is C31H52N4O4S. The number of carbonyl (C=O) groups is 2. The third kappa shape index (κ3) is 11.4. The Morgan fingerprint density at radius 2 is 1.62 bits per heavy atom. The van der Waals surface area contributed by atoms with Crippen LogP contribution in [-0.2, 0) is 27.4 Å². The van der Waals surface area contributed by atoms with Crippen LogP contribution in [0.4, 0.5) is 0 Å². The van der Waals surface area contributed by atoms with Crippen LogP contribution in [0.25, 0.3) is 10.9 Å². The fourth-order valence-electron chi connectivity index (χ4n) is 4.70. The van der Waals surface area contributed by atoms with Crippen molar-refractivity contribution in [2.75, 3.05) is 33.8 Å². The van der Waals surface area contributed by atoms with Gasteiger partial charge in [0.2, 0.25) is 5.91 Å². The number of phenols is 1. The molecule has 0 saturated carbocycles. The first-order chi connectivity index (χ1) is 18.6. The lowest BCUT2D eigenvalue weighted by Crippen LogP contribution is -2.34. The number of benzene rings is 1. The Morgan fingerprint density at radius 1 is 0.975 bits per heavy atom. The van der Waals surface area contributed by atoms with Gasteiger partial charge < -0.3 is 19.9 Å². The summed E-state index contributed by atoms with van der Waals surface area (Å²) in [6, 6.07) is 3.85. The zero-order chi connectivity index (χ0) is 30.1. The minimum atomic E-state index is -0.0347. The number of unbranched alkanes of at least 4 members (excludes halogenated alkanes) is 3. The fourth-order valence-corrected chi connectivity index (χ4v) is 5.77.